The van der Waals surface area contributed by atoms with E-state index in [0.717, 1.165) is 12.8 Å². The minimum absolute atomic E-state index is 0.0393. The van der Waals surface area contributed by atoms with Crippen molar-refractivity contribution in [3.63, 3.8) is 0 Å². The first-order chi connectivity index (χ1) is 9.47. The number of halogens is 2. The van der Waals surface area contributed by atoms with E-state index in [0.29, 0.717) is 23.3 Å². The van der Waals surface area contributed by atoms with Crippen molar-refractivity contribution < 1.29 is 13.9 Å². The van der Waals surface area contributed by atoms with Crippen LogP contribution in [0.1, 0.15) is 19.8 Å². The highest BCUT2D eigenvalue weighted by atomic mass is 79.9. The summed E-state index contributed by atoms with van der Waals surface area (Å²) in [7, 11) is 0. The molecule has 1 aliphatic heterocycles. The Morgan fingerprint density at radius 3 is 3.00 bits per heavy atom. The zero-order valence-corrected chi connectivity index (χ0v) is 12.9. The van der Waals surface area contributed by atoms with Crippen molar-refractivity contribution in [2.45, 2.75) is 31.9 Å². The molecule has 0 saturated carbocycles. The van der Waals surface area contributed by atoms with Gasteiger partial charge in [-0.05, 0) is 53.9 Å². The fourth-order valence-electron chi connectivity index (χ4n) is 2.28. The van der Waals surface area contributed by atoms with Gasteiger partial charge in [-0.25, -0.2) is 4.39 Å². The molecule has 0 spiro atoms. The normalized spacial score (nSPS) is 20.6. The number of ether oxygens (including phenoxy) is 1. The van der Waals surface area contributed by atoms with Crippen LogP contribution in [-0.2, 0) is 4.79 Å². The summed E-state index contributed by atoms with van der Waals surface area (Å²) < 4.78 is 19.1. The molecule has 1 fully saturated rings. The molecule has 0 aromatic heterocycles. The SMILES string of the molecule is C[C@H](Oc1ccc(F)cc1Br)C(=O)N1CCC[C@H](N)C1. The molecule has 1 saturated heterocycles. The maximum atomic E-state index is 13.0. The zero-order chi connectivity index (χ0) is 14.7. The van der Waals surface area contributed by atoms with E-state index in [1.807, 2.05) is 0 Å². The third kappa shape index (κ3) is 3.70. The van der Waals surface area contributed by atoms with Crippen molar-refractivity contribution in [1.82, 2.24) is 4.90 Å². The maximum absolute atomic E-state index is 13.0. The monoisotopic (exact) mass is 344 g/mol. The van der Waals surface area contributed by atoms with E-state index in [1.165, 1.54) is 18.2 Å². The lowest BCUT2D eigenvalue weighted by Gasteiger charge is -2.32. The van der Waals surface area contributed by atoms with Crippen molar-refractivity contribution in [2.75, 3.05) is 13.1 Å². The molecule has 110 valence electrons. The van der Waals surface area contributed by atoms with Gasteiger partial charge in [-0.2, -0.15) is 0 Å². The first kappa shape index (κ1) is 15.3. The zero-order valence-electron chi connectivity index (χ0n) is 11.3. The molecular formula is C14H18BrFN2O2. The Labute approximate surface area is 126 Å². The lowest BCUT2D eigenvalue weighted by molar-refractivity contribution is -0.139. The molecule has 20 heavy (non-hydrogen) atoms. The predicted molar refractivity (Wildman–Crippen MR) is 78.0 cm³/mol. The summed E-state index contributed by atoms with van der Waals surface area (Å²) in [6, 6.07) is 4.15. The summed E-state index contributed by atoms with van der Waals surface area (Å²) in [6.07, 6.45) is 1.24. The average molecular weight is 345 g/mol. The number of carbonyl (C=O) groups is 1. The Kier molecular flexibility index (Phi) is 4.99. The van der Waals surface area contributed by atoms with Crippen molar-refractivity contribution >= 4 is 21.8 Å². The number of rotatable bonds is 3. The Bertz CT molecular complexity index is 498. The molecule has 6 heteroatoms. The first-order valence-electron chi connectivity index (χ1n) is 6.63. The molecule has 0 radical (unpaired) electrons. The average Bonchev–Trinajstić information content (AvgIpc) is 2.41. The molecule has 1 aromatic carbocycles. The van der Waals surface area contributed by atoms with Crippen LogP contribution in [0.5, 0.6) is 5.75 Å². The summed E-state index contributed by atoms with van der Waals surface area (Å²) in [5.41, 5.74) is 5.87. The molecule has 0 aliphatic carbocycles. The minimum Gasteiger partial charge on any atom is -0.480 e. The van der Waals surface area contributed by atoms with Crippen LogP contribution in [0.3, 0.4) is 0 Å². The number of carbonyl (C=O) groups excluding carboxylic acids is 1. The van der Waals surface area contributed by atoms with Crippen molar-refractivity contribution in [1.29, 1.82) is 0 Å². The fourth-order valence-corrected chi connectivity index (χ4v) is 2.72. The van der Waals surface area contributed by atoms with E-state index < -0.39 is 6.10 Å². The predicted octanol–water partition coefficient (Wildman–Crippen LogP) is 2.31. The minimum atomic E-state index is -0.623. The van der Waals surface area contributed by atoms with E-state index >= 15 is 0 Å². The molecule has 4 nitrogen and oxygen atoms in total. The number of nitrogens with zero attached hydrogens (tertiary/aromatic N) is 1. The van der Waals surface area contributed by atoms with Gasteiger partial charge in [0.1, 0.15) is 11.6 Å². The molecule has 1 aliphatic rings. The summed E-state index contributed by atoms with van der Waals surface area (Å²) in [5, 5.41) is 0. The molecule has 1 amide bonds. The standard InChI is InChI=1S/C14H18BrFN2O2/c1-9(14(19)18-6-2-3-11(17)8-18)20-13-5-4-10(16)7-12(13)15/h4-5,7,9,11H,2-3,6,8,17H2,1H3/t9-,11-/m0/s1. The second kappa shape index (κ2) is 6.54. The number of benzene rings is 1. The number of hydrogen-bond donors (Lipinski definition) is 1. The molecule has 2 N–H and O–H groups in total. The molecule has 2 rings (SSSR count). The number of amides is 1. The quantitative estimate of drug-likeness (QED) is 0.915. The lowest BCUT2D eigenvalue weighted by Crippen LogP contribution is -2.49. The summed E-state index contributed by atoms with van der Waals surface area (Å²) in [4.78, 5) is 14.0. The first-order valence-corrected chi connectivity index (χ1v) is 7.42. The highest BCUT2D eigenvalue weighted by Crippen LogP contribution is 2.26. The Balaban J connectivity index is 2.00. The molecule has 1 aromatic rings. The van der Waals surface area contributed by atoms with Crippen LogP contribution in [0.4, 0.5) is 4.39 Å². The van der Waals surface area contributed by atoms with Gasteiger partial charge in [0.15, 0.2) is 6.10 Å². The van der Waals surface area contributed by atoms with E-state index in [1.54, 1.807) is 11.8 Å². The number of nitrogens with two attached hydrogens (primary N) is 1. The summed E-state index contributed by atoms with van der Waals surface area (Å²) >= 11 is 3.22. The van der Waals surface area contributed by atoms with Gasteiger partial charge >= 0.3 is 0 Å². The Hall–Kier alpha value is -1.14. The largest absolute Gasteiger partial charge is 0.480 e. The van der Waals surface area contributed by atoms with Crippen LogP contribution in [0.2, 0.25) is 0 Å². The van der Waals surface area contributed by atoms with Gasteiger partial charge in [0.05, 0.1) is 4.47 Å². The van der Waals surface area contributed by atoms with Gasteiger partial charge in [0.2, 0.25) is 0 Å². The lowest BCUT2D eigenvalue weighted by atomic mass is 10.1. The van der Waals surface area contributed by atoms with Gasteiger partial charge in [0, 0.05) is 19.1 Å². The smallest absolute Gasteiger partial charge is 0.263 e. The van der Waals surface area contributed by atoms with Gasteiger partial charge in [-0.15, -0.1) is 0 Å². The van der Waals surface area contributed by atoms with Crippen LogP contribution >= 0.6 is 15.9 Å². The van der Waals surface area contributed by atoms with E-state index in [9.17, 15) is 9.18 Å². The van der Waals surface area contributed by atoms with E-state index in [4.69, 9.17) is 10.5 Å². The molecule has 0 bridgehead atoms. The third-order valence-electron chi connectivity index (χ3n) is 3.31. The highest BCUT2D eigenvalue weighted by molar-refractivity contribution is 9.10. The van der Waals surface area contributed by atoms with Gasteiger partial charge in [0.25, 0.3) is 5.91 Å². The van der Waals surface area contributed by atoms with Gasteiger partial charge < -0.3 is 15.4 Å². The maximum Gasteiger partial charge on any atom is 0.263 e. The summed E-state index contributed by atoms with van der Waals surface area (Å²) in [6.45, 7) is 2.97. The van der Waals surface area contributed by atoms with Crippen LogP contribution < -0.4 is 10.5 Å². The van der Waals surface area contributed by atoms with Crippen molar-refractivity contribution in [3.8, 4) is 5.75 Å². The van der Waals surface area contributed by atoms with E-state index in [-0.39, 0.29) is 17.8 Å². The number of hydrogen-bond acceptors (Lipinski definition) is 3. The Morgan fingerprint density at radius 1 is 1.60 bits per heavy atom. The molecule has 0 unspecified atom stereocenters. The van der Waals surface area contributed by atoms with Crippen LogP contribution in [-0.4, -0.2) is 36.0 Å². The topological polar surface area (TPSA) is 55.6 Å². The molecular weight excluding hydrogens is 327 g/mol. The summed E-state index contributed by atoms with van der Waals surface area (Å²) in [5.74, 6) is 0.00939. The van der Waals surface area contributed by atoms with Crippen molar-refractivity contribution in [3.05, 3.63) is 28.5 Å². The van der Waals surface area contributed by atoms with Crippen LogP contribution in [0, 0.1) is 5.82 Å². The molecule has 2 atom stereocenters. The van der Waals surface area contributed by atoms with Gasteiger partial charge in [-0.1, -0.05) is 0 Å². The van der Waals surface area contributed by atoms with Crippen molar-refractivity contribution in [2.24, 2.45) is 5.73 Å². The van der Waals surface area contributed by atoms with E-state index in [2.05, 4.69) is 15.9 Å². The van der Waals surface area contributed by atoms with Crippen LogP contribution in [0.15, 0.2) is 22.7 Å². The third-order valence-corrected chi connectivity index (χ3v) is 3.93. The molecule has 1 heterocycles. The number of piperidine rings is 1. The fraction of sp³-hybridized carbons (Fsp3) is 0.500. The highest BCUT2D eigenvalue weighted by Gasteiger charge is 2.26. The Morgan fingerprint density at radius 2 is 2.35 bits per heavy atom. The van der Waals surface area contributed by atoms with Gasteiger partial charge in [-0.3, -0.25) is 4.79 Å². The number of likely N-dealkylation sites (tertiary alicyclic amines) is 1. The second-order valence-corrected chi connectivity index (χ2v) is 5.88. The second-order valence-electron chi connectivity index (χ2n) is 5.02. The van der Waals surface area contributed by atoms with Crippen LogP contribution in [0.25, 0.3) is 0 Å².